The van der Waals surface area contributed by atoms with Crippen LogP contribution in [0.4, 0.5) is 0 Å². The van der Waals surface area contributed by atoms with E-state index in [4.69, 9.17) is 0 Å². The van der Waals surface area contributed by atoms with Crippen LogP contribution in [0.1, 0.15) is 61.9 Å². The number of carbonyl (C=O) groups is 1. The number of H-pyrrole nitrogens is 1. The average molecular weight is 353 g/mol. The lowest BCUT2D eigenvalue weighted by atomic mass is 9.92. The Balaban J connectivity index is 2.13. The summed E-state index contributed by atoms with van der Waals surface area (Å²) in [5, 5.41) is 17.0. The van der Waals surface area contributed by atoms with Gasteiger partial charge in [-0.2, -0.15) is 5.10 Å². The second-order valence-electron chi connectivity index (χ2n) is 8.08. The minimum Gasteiger partial charge on any atom is -0.378 e. The highest BCUT2D eigenvalue weighted by atomic mass is 16.3. The van der Waals surface area contributed by atoms with Gasteiger partial charge in [-0.05, 0) is 38.1 Å². The molecule has 5 heteroatoms. The molecule has 0 fully saturated rings. The maximum absolute atomic E-state index is 12.7. The van der Waals surface area contributed by atoms with Crippen molar-refractivity contribution >= 4 is 5.91 Å². The van der Waals surface area contributed by atoms with Crippen molar-refractivity contribution in [2.45, 2.75) is 52.2 Å². The van der Waals surface area contributed by atoms with Gasteiger partial charge in [-0.1, -0.05) is 38.7 Å². The molecule has 0 saturated carbocycles. The fourth-order valence-electron chi connectivity index (χ4n) is 2.33. The van der Waals surface area contributed by atoms with Gasteiger partial charge in [-0.25, -0.2) is 0 Å². The van der Waals surface area contributed by atoms with E-state index < -0.39 is 5.60 Å². The predicted molar refractivity (Wildman–Crippen MR) is 103 cm³/mol. The van der Waals surface area contributed by atoms with Crippen LogP contribution in [0.5, 0.6) is 0 Å². The number of amides is 1. The van der Waals surface area contributed by atoms with Crippen molar-refractivity contribution < 1.29 is 9.90 Å². The smallest absolute Gasteiger partial charge is 0.253 e. The zero-order valence-corrected chi connectivity index (χ0v) is 16.3. The highest BCUT2D eigenvalue weighted by Crippen LogP contribution is 2.21. The van der Waals surface area contributed by atoms with E-state index in [0.29, 0.717) is 17.7 Å². The summed E-state index contributed by atoms with van der Waals surface area (Å²) in [6.45, 7) is 9.99. The van der Waals surface area contributed by atoms with Gasteiger partial charge in [0.2, 0.25) is 0 Å². The van der Waals surface area contributed by atoms with E-state index in [1.165, 1.54) is 0 Å². The van der Waals surface area contributed by atoms with E-state index in [0.717, 1.165) is 11.4 Å². The normalized spacial score (nSPS) is 11.7. The molecule has 0 radical (unpaired) electrons. The van der Waals surface area contributed by atoms with Gasteiger partial charge < -0.3 is 10.0 Å². The van der Waals surface area contributed by atoms with E-state index in [2.05, 4.69) is 42.8 Å². The standard InChI is InChI=1S/C21H27N3O2/c1-20(2,3)18-13-17(22-23-18)14-24(6)19(25)16-9-7-8-15(12-16)10-11-21(4,5)26/h7-9,12-13,26H,14H2,1-6H3,(H,22,23). The first-order chi connectivity index (χ1) is 12.0. The molecule has 2 rings (SSSR count). The van der Waals surface area contributed by atoms with Crippen LogP contribution >= 0.6 is 0 Å². The lowest BCUT2D eigenvalue weighted by Gasteiger charge is -2.16. The lowest BCUT2D eigenvalue weighted by Crippen LogP contribution is -2.26. The number of hydrogen-bond acceptors (Lipinski definition) is 3. The summed E-state index contributed by atoms with van der Waals surface area (Å²) in [5.41, 5.74) is 2.02. The first-order valence-electron chi connectivity index (χ1n) is 8.61. The number of benzene rings is 1. The Morgan fingerprint density at radius 2 is 1.92 bits per heavy atom. The number of hydrogen-bond donors (Lipinski definition) is 2. The van der Waals surface area contributed by atoms with Crippen LogP contribution in [-0.4, -0.2) is 38.8 Å². The predicted octanol–water partition coefficient (Wildman–Crippen LogP) is 3.10. The quantitative estimate of drug-likeness (QED) is 0.833. The molecule has 0 spiro atoms. The molecule has 1 heterocycles. The maximum atomic E-state index is 12.7. The molecular weight excluding hydrogens is 326 g/mol. The molecule has 0 aliphatic heterocycles. The van der Waals surface area contributed by atoms with Gasteiger partial charge >= 0.3 is 0 Å². The first-order valence-corrected chi connectivity index (χ1v) is 8.61. The Morgan fingerprint density at radius 1 is 1.23 bits per heavy atom. The van der Waals surface area contributed by atoms with Gasteiger partial charge in [0.05, 0.1) is 17.9 Å². The SMILES string of the molecule is CN(Cc1cc(C(C)(C)C)n[nH]1)C(=O)c1cccc(C#CC(C)(C)O)c1. The van der Waals surface area contributed by atoms with Crippen LogP contribution in [0, 0.1) is 11.8 Å². The minimum absolute atomic E-state index is 0.0369. The summed E-state index contributed by atoms with van der Waals surface area (Å²) < 4.78 is 0. The Kier molecular flexibility index (Phi) is 5.58. The van der Waals surface area contributed by atoms with Gasteiger partial charge in [-0.15, -0.1) is 0 Å². The van der Waals surface area contributed by atoms with Gasteiger partial charge in [0, 0.05) is 23.6 Å². The molecule has 1 amide bonds. The third-order valence-corrected chi connectivity index (χ3v) is 3.78. The molecule has 2 aromatic rings. The molecule has 5 nitrogen and oxygen atoms in total. The Labute approximate surface area is 155 Å². The van der Waals surface area contributed by atoms with Crippen LogP contribution in [0.15, 0.2) is 30.3 Å². The van der Waals surface area contributed by atoms with Crippen molar-refractivity contribution in [1.82, 2.24) is 15.1 Å². The van der Waals surface area contributed by atoms with Crippen LogP contribution in [0.3, 0.4) is 0 Å². The molecule has 1 aromatic heterocycles. The van der Waals surface area contributed by atoms with Crippen molar-refractivity contribution in [3.63, 3.8) is 0 Å². The highest BCUT2D eigenvalue weighted by Gasteiger charge is 2.19. The molecule has 138 valence electrons. The summed E-state index contributed by atoms with van der Waals surface area (Å²) in [4.78, 5) is 14.3. The molecule has 2 N–H and O–H groups in total. The third kappa shape index (κ3) is 5.47. The second kappa shape index (κ2) is 7.35. The van der Waals surface area contributed by atoms with E-state index in [1.807, 2.05) is 12.1 Å². The third-order valence-electron chi connectivity index (χ3n) is 3.78. The second-order valence-corrected chi connectivity index (χ2v) is 8.08. The van der Waals surface area contributed by atoms with E-state index in [9.17, 15) is 9.90 Å². The van der Waals surface area contributed by atoms with Crippen molar-refractivity contribution in [2.24, 2.45) is 0 Å². The topological polar surface area (TPSA) is 69.2 Å². The number of aromatic amines is 1. The van der Waals surface area contributed by atoms with Crippen LogP contribution in [0.25, 0.3) is 0 Å². The van der Waals surface area contributed by atoms with Gasteiger partial charge in [-0.3, -0.25) is 9.89 Å². The number of carbonyl (C=O) groups excluding carboxylic acids is 1. The average Bonchev–Trinajstić information content (AvgIpc) is 3.00. The fourth-order valence-corrected chi connectivity index (χ4v) is 2.33. The van der Waals surface area contributed by atoms with E-state index in [-0.39, 0.29) is 11.3 Å². The molecule has 0 bridgehead atoms. The zero-order valence-electron chi connectivity index (χ0n) is 16.3. The summed E-state index contributed by atoms with van der Waals surface area (Å²) >= 11 is 0. The van der Waals surface area contributed by atoms with E-state index >= 15 is 0 Å². The number of aliphatic hydroxyl groups is 1. The Morgan fingerprint density at radius 3 is 2.50 bits per heavy atom. The summed E-state index contributed by atoms with van der Waals surface area (Å²) in [6.07, 6.45) is 0. The number of rotatable bonds is 3. The fraction of sp³-hybridized carbons (Fsp3) is 0.429. The van der Waals surface area contributed by atoms with E-state index in [1.54, 1.807) is 44.0 Å². The molecule has 0 saturated heterocycles. The molecule has 0 aliphatic carbocycles. The van der Waals surface area contributed by atoms with Gasteiger partial charge in [0.1, 0.15) is 5.60 Å². The highest BCUT2D eigenvalue weighted by molar-refractivity contribution is 5.94. The molecule has 0 aliphatic rings. The monoisotopic (exact) mass is 353 g/mol. The summed E-state index contributed by atoms with van der Waals surface area (Å²) in [7, 11) is 1.76. The summed E-state index contributed by atoms with van der Waals surface area (Å²) in [5.74, 6) is 5.57. The number of nitrogens with one attached hydrogen (secondary N) is 1. The zero-order chi connectivity index (χ0) is 19.5. The number of aromatic nitrogens is 2. The molecule has 0 atom stereocenters. The molecule has 26 heavy (non-hydrogen) atoms. The molecule has 0 unspecified atom stereocenters. The van der Waals surface area contributed by atoms with Crippen molar-refractivity contribution in [3.8, 4) is 11.8 Å². The molecule has 1 aromatic carbocycles. The Bertz CT molecular complexity index is 842. The van der Waals surface area contributed by atoms with Crippen LogP contribution in [0.2, 0.25) is 0 Å². The first kappa shape index (κ1) is 19.7. The summed E-state index contributed by atoms with van der Waals surface area (Å²) in [6, 6.07) is 9.12. The maximum Gasteiger partial charge on any atom is 0.253 e. The largest absolute Gasteiger partial charge is 0.378 e. The molecular formula is C21H27N3O2. The lowest BCUT2D eigenvalue weighted by molar-refractivity contribution is 0.0783. The van der Waals surface area contributed by atoms with Gasteiger partial charge in [0.25, 0.3) is 5.91 Å². The Hall–Kier alpha value is -2.58. The minimum atomic E-state index is -1.07. The van der Waals surface area contributed by atoms with Crippen molar-refractivity contribution in [1.29, 1.82) is 0 Å². The number of nitrogens with zero attached hydrogens (tertiary/aromatic N) is 2. The van der Waals surface area contributed by atoms with Gasteiger partial charge in [0.15, 0.2) is 0 Å². The van der Waals surface area contributed by atoms with Crippen LogP contribution < -0.4 is 0 Å². The van der Waals surface area contributed by atoms with Crippen molar-refractivity contribution in [3.05, 3.63) is 52.8 Å². The van der Waals surface area contributed by atoms with Crippen LogP contribution in [-0.2, 0) is 12.0 Å². The van der Waals surface area contributed by atoms with Crippen molar-refractivity contribution in [2.75, 3.05) is 7.05 Å².